The van der Waals surface area contributed by atoms with Crippen molar-refractivity contribution in [3.8, 4) is 0 Å². The number of nitrogens with one attached hydrogen (secondary N) is 1. The molecule has 28 heavy (non-hydrogen) atoms. The Morgan fingerprint density at radius 2 is 2.14 bits per heavy atom. The molecule has 144 valence electrons. The van der Waals surface area contributed by atoms with E-state index in [2.05, 4.69) is 15.3 Å². The van der Waals surface area contributed by atoms with Crippen molar-refractivity contribution in [3.63, 3.8) is 0 Å². The van der Waals surface area contributed by atoms with Crippen LogP contribution in [0.2, 0.25) is 0 Å². The van der Waals surface area contributed by atoms with Gasteiger partial charge in [0.1, 0.15) is 5.82 Å². The molecule has 1 atom stereocenters. The zero-order chi connectivity index (χ0) is 19.7. The maximum absolute atomic E-state index is 13.0. The van der Waals surface area contributed by atoms with Crippen LogP contribution in [0.25, 0.3) is 10.2 Å². The number of nitrogens with two attached hydrogens (primary N) is 1. The van der Waals surface area contributed by atoms with Gasteiger partial charge in [0.15, 0.2) is 0 Å². The van der Waals surface area contributed by atoms with Crippen LogP contribution in [-0.2, 0) is 9.59 Å². The summed E-state index contributed by atoms with van der Waals surface area (Å²) in [5.74, 6) is -0.800. The lowest BCUT2D eigenvalue weighted by Crippen LogP contribution is -2.44. The fourth-order valence-corrected chi connectivity index (χ4v) is 4.35. The maximum Gasteiger partial charge on any atom is 0.313 e. The number of benzene rings is 1. The van der Waals surface area contributed by atoms with Crippen molar-refractivity contribution >= 4 is 44.9 Å². The van der Waals surface area contributed by atoms with Gasteiger partial charge < -0.3 is 16.0 Å². The van der Waals surface area contributed by atoms with Gasteiger partial charge in [0, 0.05) is 12.1 Å². The summed E-state index contributed by atoms with van der Waals surface area (Å²) in [6.45, 7) is 2.35. The Morgan fingerprint density at radius 1 is 1.29 bits per heavy atom. The van der Waals surface area contributed by atoms with E-state index in [-0.39, 0.29) is 6.04 Å². The molecule has 0 radical (unpaired) electrons. The molecular weight excluding hydrogens is 374 g/mol. The first-order chi connectivity index (χ1) is 13.5. The molecule has 7 nitrogen and oxygen atoms in total. The zero-order valence-corrected chi connectivity index (χ0v) is 16.3. The van der Waals surface area contributed by atoms with Crippen molar-refractivity contribution in [2.45, 2.75) is 32.2 Å². The molecular formula is C20H21N5O2S. The average Bonchev–Trinajstić information content (AvgIpc) is 3.19. The van der Waals surface area contributed by atoms with Crippen molar-refractivity contribution in [1.82, 2.24) is 14.9 Å². The van der Waals surface area contributed by atoms with E-state index in [1.165, 1.54) is 6.20 Å². The van der Waals surface area contributed by atoms with Crippen LogP contribution in [0.15, 0.2) is 36.0 Å². The Kier molecular flexibility index (Phi) is 4.95. The van der Waals surface area contributed by atoms with E-state index in [9.17, 15) is 9.59 Å². The fraction of sp³-hybridized carbons (Fsp3) is 0.300. The number of amides is 2. The normalized spacial score (nSPS) is 16.9. The van der Waals surface area contributed by atoms with Crippen LogP contribution in [0, 0.1) is 6.92 Å². The van der Waals surface area contributed by atoms with Crippen LogP contribution in [0.3, 0.4) is 0 Å². The number of aromatic nitrogens is 2. The first kappa shape index (κ1) is 18.4. The van der Waals surface area contributed by atoms with Gasteiger partial charge in [-0.3, -0.25) is 9.59 Å². The minimum absolute atomic E-state index is 0.149. The number of likely N-dealkylation sites (tertiary alicyclic amines) is 1. The summed E-state index contributed by atoms with van der Waals surface area (Å²) in [7, 11) is 0. The van der Waals surface area contributed by atoms with E-state index < -0.39 is 11.8 Å². The quantitative estimate of drug-likeness (QED) is 0.649. The molecule has 1 aromatic carbocycles. The Hall–Kier alpha value is -3.00. The second-order valence-corrected chi connectivity index (χ2v) is 7.82. The Bertz CT molecular complexity index is 1050. The van der Waals surface area contributed by atoms with Gasteiger partial charge in [-0.2, -0.15) is 0 Å². The van der Waals surface area contributed by atoms with Crippen LogP contribution in [0.5, 0.6) is 0 Å². The molecule has 4 rings (SSSR count). The predicted molar refractivity (Wildman–Crippen MR) is 110 cm³/mol. The Morgan fingerprint density at radius 3 is 2.96 bits per heavy atom. The lowest BCUT2D eigenvalue weighted by Gasteiger charge is -2.35. The van der Waals surface area contributed by atoms with Crippen molar-refractivity contribution in [2.75, 3.05) is 17.6 Å². The molecule has 1 aliphatic heterocycles. The van der Waals surface area contributed by atoms with Crippen molar-refractivity contribution in [3.05, 3.63) is 47.1 Å². The summed E-state index contributed by atoms with van der Waals surface area (Å²) in [5, 5.41) is 2.65. The molecule has 0 spiro atoms. The number of nitrogens with zero attached hydrogens (tertiary/aromatic N) is 3. The van der Waals surface area contributed by atoms with E-state index in [4.69, 9.17) is 5.73 Å². The molecule has 1 unspecified atom stereocenters. The third-order valence-corrected chi connectivity index (χ3v) is 5.88. The van der Waals surface area contributed by atoms with Gasteiger partial charge in [-0.1, -0.05) is 12.1 Å². The topological polar surface area (TPSA) is 101 Å². The number of rotatable bonds is 2. The largest absolute Gasteiger partial charge is 0.383 e. The van der Waals surface area contributed by atoms with Gasteiger partial charge in [0.05, 0.1) is 33.7 Å². The Labute approximate surface area is 166 Å². The molecule has 1 fully saturated rings. The summed E-state index contributed by atoms with van der Waals surface area (Å²) in [5.41, 5.74) is 10.6. The molecule has 1 aliphatic rings. The first-order valence-corrected chi connectivity index (χ1v) is 10.1. The highest BCUT2D eigenvalue weighted by atomic mass is 32.1. The monoisotopic (exact) mass is 395 g/mol. The lowest BCUT2D eigenvalue weighted by atomic mass is 9.94. The van der Waals surface area contributed by atoms with E-state index in [1.54, 1.807) is 29.2 Å². The zero-order valence-electron chi connectivity index (χ0n) is 15.5. The SMILES string of the molecule is Cc1cc(NC(=O)C(=O)N2CCCCC2c2cccc3scnc23)cnc1N. The summed E-state index contributed by atoms with van der Waals surface area (Å²) >= 11 is 1.57. The molecule has 8 heteroatoms. The first-order valence-electron chi connectivity index (χ1n) is 9.21. The highest BCUT2D eigenvalue weighted by molar-refractivity contribution is 7.16. The second-order valence-electron chi connectivity index (χ2n) is 6.94. The molecule has 0 saturated carbocycles. The highest BCUT2D eigenvalue weighted by Gasteiger charge is 2.33. The number of hydrogen-bond acceptors (Lipinski definition) is 6. The third-order valence-electron chi connectivity index (χ3n) is 5.09. The molecule has 0 aliphatic carbocycles. The van der Waals surface area contributed by atoms with Crippen LogP contribution in [-0.4, -0.2) is 33.2 Å². The number of carbonyl (C=O) groups is 2. The molecule has 3 aromatic rings. The number of anilines is 2. The number of thiazole rings is 1. The number of nitrogen functional groups attached to an aromatic ring is 1. The smallest absolute Gasteiger partial charge is 0.313 e. The van der Waals surface area contributed by atoms with Gasteiger partial charge in [0.2, 0.25) is 0 Å². The number of carbonyl (C=O) groups excluding carboxylic acids is 2. The molecule has 2 aromatic heterocycles. The van der Waals surface area contributed by atoms with Gasteiger partial charge >= 0.3 is 11.8 Å². The lowest BCUT2D eigenvalue weighted by molar-refractivity contribution is -0.145. The average molecular weight is 395 g/mol. The second kappa shape index (κ2) is 7.55. The molecule has 0 bridgehead atoms. The summed E-state index contributed by atoms with van der Waals surface area (Å²) < 4.78 is 1.09. The van der Waals surface area contributed by atoms with E-state index >= 15 is 0 Å². The number of pyridine rings is 1. The van der Waals surface area contributed by atoms with Gasteiger partial charge in [-0.15, -0.1) is 11.3 Å². The van der Waals surface area contributed by atoms with Crippen molar-refractivity contribution < 1.29 is 9.59 Å². The number of fused-ring (bicyclic) bond motifs is 1. The number of hydrogen-bond donors (Lipinski definition) is 2. The van der Waals surface area contributed by atoms with Crippen molar-refractivity contribution in [2.24, 2.45) is 0 Å². The predicted octanol–water partition coefficient (Wildman–Crippen LogP) is 3.27. The van der Waals surface area contributed by atoms with E-state index in [1.807, 2.05) is 23.7 Å². The van der Waals surface area contributed by atoms with E-state index in [0.29, 0.717) is 18.1 Å². The van der Waals surface area contributed by atoms with Crippen LogP contribution in [0.1, 0.15) is 36.4 Å². The van der Waals surface area contributed by atoms with Crippen LogP contribution >= 0.6 is 11.3 Å². The summed E-state index contributed by atoms with van der Waals surface area (Å²) in [6, 6.07) is 7.56. The summed E-state index contributed by atoms with van der Waals surface area (Å²) in [4.78, 5) is 35.8. The van der Waals surface area contributed by atoms with Crippen LogP contribution in [0.4, 0.5) is 11.5 Å². The molecule has 1 saturated heterocycles. The molecule has 3 heterocycles. The highest BCUT2D eigenvalue weighted by Crippen LogP contribution is 2.35. The molecule has 2 amide bonds. The van der Waals surface area contributed by atoms with Crippen molar-refractivity contribution in [1.29, 1.82) is 0 Å². The standard InChI is InChI=1S/C20H21N5O2S/c1-12-9-13(10-22-18(12)21)24-19(26)20(27)25-8-3-2-6-15(25)14-5-4-7-16-17(14)23-11-28-16/h4-5,7,9-11,15H,2-3,6,8H2,1H3,(H2,21,22)(H,24,26). The van der Waals surface area contributed by atoms with Gasteiger partial charge in [-0.25, -0.2) is 9.97 Å². The van der Waals surface area contributed by atoms with Gasteiger partial charge in [0.25, 0.3) is 0 Å². The number of piperidine rings is 1. The van der Waals surface area contributed by atoms with Crippen LogP contribution < -0.4 is 11.1 Å². The molecule has 3 N–H and O–H groups in total. The minimum atomic E-state index is -0.664. The number of para-hydroxylation sites is 1. The van der Waals surface area contributed by atoms with E-state index in [0.717, 1.165) is 40.6 Å². The fourth-order valence-electron chi connectivity index (χ4n) is 3.64. The third kappa shape index (κ3) is 3.43. The number of aryl methyl sites for hydroxylation is 1. The summed E-state index contributed by atoms with van der Waals surface area (Å²) in [6.07, 6.45) is 4.16. The minimum Gasteiger partial charge on any atom is -0.383 e. The Balaban J connectivity index is 1.58. The maximum atomic E-state index is 13.0. The van der Waals surface area contributed by atoms with Gasteiger partial charge in [-0.05, 0) is 43.9 Å².